The van der Waals surface area contributed by atoms with E-state index in [1.54, 1.807) is 18.2 Å². The van der Waals surface area contributed by atoms with Gasteiger partial charge in [0, 0.05) is 6.54 Å². The number of para-hydroxylation sites is 1. The van der Waals surface area contributed by atoms with Crippen LogP contribution in [0.15, 0.2) is 33.6 Å². The smallest absolute Gasteiger partial charge is 0.285 e. The highest BCUT2D eigenvalue weighted by Crippen LogP contribution is 2.29. The van der Waals surface area contributed by atoms with Gasteiger partial charge in [0.1, 0.15) is 11.2 Å². The number of nitrogens with zero attached hydrogens (tertiary/aromatic N) is 2. The molecule has 0 fully saturated rings. The van der Waals surface area contributed by atoms with E-state index in [0.717, 1.165) is 6.54 Å². The molecular formula is C11H14N2O2S. The Morgan fingerprint density at radius 3 is 2.69 bits per heavy atom. The lowest BCUT2D eigenvalue weighted by atomic mass is 10.2. The number of fused-ring (bicyclic) bond motifs is 1. The molecule has 86 valence electrons. The summed E-state index contributed by atoms with van der Waals surface area (Å²) in [7, 11) is -3.48. The van der Waals surface area contributed by atoms with Gasteiger partial charge < -0.3 is 4.90 Å². The van der Waals surface area contributed by atoms with E-state index in [9.17, 15) is 8.42 Å². The first-order chi connectivity index (χ1) is 7.50. The standard InChI is InChI=1S/C11H14N2O2S/c1-9(2)7-13-8-12-16(14,15)11-6-4-3-5-10(11)13/h3-6,8-9H,7H2,1-2H3. The minimum atomic E-state index is -3.48. The van der Waals surface area contributed by atoms with Crippen molar-refractivity contribution in [2.75, 3.05) is 11.4 Å². The zero-order valence-electron chi connectivity index (χ0n) is 9.29. The normalized spacial score (nSPS) is 17.6. The SMILES string of the molecule is CC(C)CN1C=NS(=O)(=O)c2ccccc21. The van der Waals surface area contributed by atoms with Crippen molar-refractivity contribution in [1.29, 1.82) is 0 Å². The molecule has 0 atom stereocenters. The maximum Gasteiger partial charge on any atom is 0.285 e. The van der Waals surface area contributed by atoms with Crippen molar-refractivity contribution < 1.29 is 8.42 Å². The molecule has 0 aromatic heterocycles. The molecule has 1 aromatic rings. The third-order valence-corrected chi connectivity index (χ3v) is 3.61. The fourth-order valence-corrected chi connectivity index (χ4v) is 2.74. The Morgan fingerprint density at radius 1 is 1.31 bits per heavy atom. The van der Waals surface area contributed by atoms with Crippen LogP contribution in [-0.4, -0.2) is 21.3 Å². The number of hydrogen-bond acceptors (Lipinski definition) is 3. The molecule has 0 amide bonds. The summed E-state index contributed by atoms with van der Waals surface area (Å²) in [4.78, 5) is 2.17. The largest absolute Gasteiger partial charge is 0.330 e. The van der Waals surface area contributed by atoms with Crippen LogP contribution < -0.4 is 4.90 Å². The van der Waals surface area contributed by atoms with Crippen LogP contribution in [0.4, 0.5) is 5.69 Å². The molecule has 0 saturated heterocycles. The van der Waals surface area contributed by atoms with E-state index >= 15 is 0 Å². The van der Waals surface area contributed by atoms with Crippen LogP contribution in [0, 0.1) is 5.92 Å². The number of benzene rings is 1. The third-order valence-electron chi connectivity index (χ3n) is 2.34. The van der Waals surface area contributed by atoms with Gasteiger partial charge in [-0.25, -0.2) is 0 Å². The van der Waals surface area contributed by atoms with Crippen LogP contribution in [0.5, 0.6) is 0 Å². The van der Waals surface area contributed by atoms with E-state index in [1.807, 2.05) is 11.0 Å². The minimum Gasteiger partial charge on any atom is -0.330 e. The van der Waals surface area contributed by atoms with Gasteiger partial charge in [0.2, 0.25) is 0 Å². The van der Waals surface area contributed by atoms with E-state index in [4.69, 9.17) is 0 Å². The second-order valence-electron chi connectivity index (χ2n) is 4.21. The molecule has 4 nitrogen and oxygen atoms in total. The summed E-state index contributed by atoms with van der Waals surface area (Å²) in [5.74, 6) is 0.445. The van der Waals surface area contributed by atoms with Gasteiger partial charge in [0.05, 0.1) is 5.69 Å². The second kappa shape index (κ2) is 3.90. The van der Waals surface area contributed by atoms with Crippen LogP contribution in [-0.2, 0) is 10.0 Å². The van der Waals surface area contributed by atoms with Crippen molar-refractivity contribution in [3.63, 3.8) is 0 Å². The molecule has 0 saturated carbocycles. The molecule has 16 heavy (non-hydrogen) atoms. The first-order valence-electron chi connectivity index (χ1n) is 5.17. The average Bonchev–Trinajstić information content (AvgIpc) is 2.23. The van der Waals surface area contributed by atoms with Crippen LogP contribution in [0.25, 0.3) is 0 Å². The van der Waals surface area contributed by atoms with Crippen LogP contribution in [0.3, 0.4) is 0 Å². The van der Waals surface area contributed by atoms with Gasteiger partial charge in [0.15, 0.2) is 0 Å². The van der Waals surface area contributed by atoms with E-state index in [-0.39, 0.29) is 4.90 Å². The van der Waals surface area contributed by atoms with E-state index in [2.05, 4.69) is 18.2 Å². The minimum absolute atomic E-state index is 0.290. The summed E-state index contributed by atoms with van der Waals surface area (Å²) in [5.41, 5.74) is 0.714. The maximum absolute atomic E-state index is 11.7. The summed E-state index contributed by atoms with van der Waals surface area (Å²) in [5, 5.41) is 0. The Labute approximate surface area is 95.7 Å². The molecule has 0 spiro atoms. The lowest BCUT2D eigenvalue weighted by molar-refractivity contribution is 0.595. The van der Waals surface area contributed by atoms with Crippen molar-refractivity contribution in [3.05, 3.63) is 24.3 Å². The highest BCUT2D eigenvalue weighted by Gasteiger charge is 2.24. The van der Waals surface area contributed by atoms with E-state index in [0.29, 0.717) is 11.6 Å². The predicted molar refractivity (Wildman–Crippen MR) is 64.3 cm³/mol. The highest BCUT2D eigenvalue weighted by atomic mass is 32.2. The molecule has 1 aliphatic rings. The lowest BCUT2D eigenvalue weighted by Gasteiger charge is -2.26. The molecule has 0 N–H and O–H groups in total. The first-order valence-corrected chi connectivity index (χ1v) is 6.61. The summed E-state index contributed by atoms with van der Waals surface area (Å²) < 4.78 is 27.0. The monoisotopic (exact) mass is 238 g/mol. The molecular weight excluding hydrogens is 224 g/mol. The molecule has 0 unspecified atom stereocenters. The molecule has 0 bridgehead atoms. The van der Waals surface area contributed by atoms with Crippen molar-refractivity contribution in [3.8, 4) is 0 Å². The summed E-state index contributed by atoms with van der Waals surface area (Å²) in [6.07, 6.45) is 1.40. The molecule has 1 aliphatic heterocycles. The Bertz CT molecular complexity index is 521. The molecule has 0 aliphatic carbocycles. The van der Waals surface area contributed by atoms with Crippen molar-refractivity contribution in [2.24, 2.45) is 10.3 Å². The number of anilines is 1. The quantitative estimate of drug-likeness (QED) is 0.790. The van der Waals surface area contributed by atoms with Gasteiger partial charge in [-0.1, -0.05) is 26.0 Å². The number of hydrogen-bond donors (Lipinski definition) is 0. The molecule has 5 heteroatoms. The van der Waals surface area contributed by atoms with Crippen LogP contribution in [0.2, 0.25) is 0 Å². The third kappa shape index (κ3) is 1.95. The Balaban J connectivity index is 2.49. The van der Waals surface area contributed by atoms with Gasteiger partial charge in [-0.15, -0.1) is 4.40 Å². The summed E-state index contributed by atoms with van der Waals surface area (Å²) in [6, 6.07) is 6.94. The molecule has 0 radical (unpaired) electrons. The van der Waals surface area contributed by atoms with Gasteiger partial charge in [-0.3, -0.25) is 0 Å². The second-order valence-corrected chi connectivity index (χ2v) is 5.81. The van der Waals surface area contributed by atoms with E-state index < -0.39 is 10.0 Å². The highest BCUT2D eigenvalue weighted by molar-refractivity contribution is 7.90. The van der Waals surface area contributed by atoms with Crippen molar-refractivity contribution in [1.82, 2.24) is 0 Å². The van der Waals surface area contributed by atoms with Crippen molar-refractivity contribution >= 4 is 22.0 Å². The Hall–Kier alpha value is -1.36. The van der Waals surface area contributed by atoms with Gasteiger partial charge >= 0.3 is 0 Å². The number of sulfonamides is 1. The fourth-order valence-electron chi connectivity index (χ4n) is 1.69. The van der Waals surface area contributed by atoms with Gasteiger partial charge in [-0.2, -0.15) is 8.42 Å². The number of rotatable bonds is 2. The predicted octanol–water partition coefficient (Wildman–Crippen LogP) is 1.88. The zero-order chi connectivity index (χ0) is 11.8. The summed E-state index contributed by atoms with van der Waals surface area (Å²) in [6.45, 7) is 4.93. The first kappa shape index (κ1) is 11.1. The van der Waals surface area contributed by atoms with Gasteiger partial charge in [-0.05, 0) is 18.1 Å². The van der Waals surface area contributed by atoms with Gasteiger partial charge in [0.25, 0.3) is 10.0 Å². The Kier molecular flexibility index (Phi) is 2.71. The maximum atomic E-state index is 11.7. The Morgan fingerprint density at radius 2 is 2.00 bits per heavy atom. The van der Waals surface area contributed by atoms with Crippen LogP contribution in [0.1, 0.15) is 13.8 Å². The van der Waals surface area contributed by atoms with Crippen LogP contribution >= 0.6 is 0 Å². The fraction of sp³-hybridized carbons (Fsp3) is 0.364. The molecule has 2 rings (SSSR count). The topological polar surface area (TPSA) is 49.7 Å². The zero-order valence-corrected chi connectivity index (χ0v) is 10.1. The molecule has 1 heterocycles. The van der Waals surface area contributed by atoms with E-state index in [1.165, 1.54) is 6.34 Å². The van der Waals surface area contributed by atoms with Crippen molar-refractivity contribution in [2.45, 2.75) is 18.7 Å². The summed E-state index contributed by atoms with van der Waals surface area (Å²) >= 11 is 0. The average molecular weight is 238 g/mol. The lowest BCUT2D eigenvalue weighted by Crippen LogP contribution is -2.30. The molecule has 1 aromatic carbocycles.